The first-order valence-corrected chi connectivity index (χ1v) is 47.6. The van der Waals surface area contributed by atoms with Gasteiger partial charge in [0.25, 0.3) is 4.57 Å². The molecule has 0 aliphatic rings. The number of hydrogen-bond acceptors (Lipinski definition) is 13. The second-order valence-electron chi connectivity index (χ2n) is 13.0. The van der Waals surface area contributed by atoms with E-state index >= 15 is 0 Å². The minimum atomic E-state index is -3.61. The molecule has 2 heterocycles. The molecule has 2 aromatic heterocycles. The van der Waals surface area contributed by atoms with Gasteiger partial charge in [0, 0.05) is 44.0 Å². The summed E-state index contributed by atoms with van der Waals surface area (Å²) in [6.45, 7) is 3.95. The third kappa shape index (κ3) is 37.7. The molecule has 0 radical (unpaired) electrons. The van der Waals surface area contributed by atoms with E-state index in [4.69, 9.17) is 60.9 Å². The van der Waals surface area contributed by atoms with Crippen LogP contribution in [-0.4, -0.2) is 32.6 Å². The summed E-state index contributed by atoms with van der Waals surface area (Å²) in [6.07, 6.45) is 1.78. The number of nitrogens with two attached hydrogens (primary N) is 1. The number of rotatable bonds is 9. The van der Waals surface area contributed by atoms with Gasteiger partial charge in [-0.15, -0.1) is 0 Å². The second kappa shape index (κ2) is 45.0. The van der Waals surface area contributed by atoms with Crippen molar-refractivity contribution in [1.29, 1.82) is 5.26 Å². The number of sulfone groups is 1. The van der Waals surface area contributed by atoms with Gasteiger partial charge in [0.15, 0.2) is 0 Å². The predicted molar refractivity (Wildman–Crippen MR) is 345 cm³/mol. The van der Waals surface area contributed by atoms with Crippen LogP contribution in [0.4, 0.5) is 4.79 Å². The molecule has 73 heavy (non-hydrogen) atoms. The molecule has 1 amide bonds. The van der Waals surface area contributed by atoms with Crippen molar-refractivity contribution in [1.82, 2.24) is 13.7 Å². The molecular formula is C46H46Cl5I5N5O6S4V2-2. The van der Waals surface area contributed by atoms with Gasteiger partial charge in [0.2, 0.25) is 26.0 Å². The van der Waals surface area contributed by atoms with Crippen molar-refractivity contribution in [2.45, 2.75) is 56.2 Å². The third-order valence-corrected chi connectivity index (χ3v) is 12.9. The summed E-state index contributed by atoms with van der Waals surface area (Å²) in [4.78, 5) is 34.3. The number of carbonyl (C=O) groups is 2. The van der Waals surface area contributed by atoms with Crippen molar-refractivity contribution >= 4 is 211 Å². The number of nitriles is 1. The van der Waals surface area contributed by atoms with E-state index < -0.39 is 14.4 Å². The Balaban J connectivity index is -0.000000855. The van der Waals surface area contributed by atoms with Gasteiger partial charge in [0.05, 0.1) is 30.2 Å². The van der Waals surface area contributed by atoms with Gasteiger partial charge in [-0.05, 0) is 118 Å². The Labute approximate surface area is 532 Å². The van der Waals surface area contributed by atoms with E-state index in [0.29, 0.717) is 66.5 Å². The second-order valence-corrected chi connectivity index (χ2v) is 66.6. The number of aryl methyl sites for hydroxylation is 2. The van der Waals surface area contributed by atoms with Gasteiger partial charge in [0.1, 0.15) is 5.82 Å². The maximum atomic E-state index is 12.5. The van der Waals surface area contributed by atoms with Gasteiger partial charge in [-0.25, -0.2) is 18.2 Å². The van der Waals surface area contributed by atoms with Gasteiger partial charge in [-0.3, -0.25) is 9.59 Å². The summed E-state index contributed by atoms with van der Waals surface area (Å²) in [6, 6.07) is 38.5. The molecule has 5 aromatic carbocycles. The number of halogens is 10. The third-order valence-electron chi connectivity index (χ3n) is 7.73. The molecule has 0 saturated carbocycles. The number of benzene rings is 5. The normalized spacial score (nSPS) is 9.48. The van der Waals surface area contributed by atoms with Crippen LogP contribution in [0.2, 0.25) is 15.1 Å². The van der Waals surface area contributed by atoms with Crippen molar-refractivity contribution in [3.8, 4) is 6.07 Å². The molecule has 7 rings (SSSR count). The summed E-state index contributed by atoms with van der Waals surface area (Å²) in [5.41, 5.74) is 11.2. The van der Waals surface area contributed by atoms with Gasteiger partial charge < -0.3 is 25.0 Å². The zero-order valence-electron chi connectivity index (χ0n) is 38.0. The SMILES string of the molecule is C.Cc1ccc(CC#N)cc1.Cc1ccc(S(=O)(=O)c2nc(Cc3ccc(Cl)cc3)ns2)cc1.NC(=O)Cc1ccc(Cl)cc1.O=C(Cl)SCl.O=c1oc(Cc2ccc(Cl)cc2)ns1.[CH3-].[CH3-].[I][V]([I])[I].[I][V][I]. The number of hydrogen-bond donors (Lipinski definition) is 1. The van der Waals surface area contributed by atoms with Crippen LogP contribution in [0.3, 0.4) is 0 Å². The van der Waals surface area contributed by atoms with Crippen molar-refractivity contribution < 1.29 is 36.8 Å². The average molecular weight is 1810 g/mol. The zero-order valence-corrected chi connectivity index (χ0v) is 58.6. The van der Waals surface area contributed by atoms with E-state index in [1.807, 2.05) is 62.4 Å². The molecule has 0 aliphatic carbocycles. The maximum absolute atomic E-state index is 12.5. The number of amides is 1. The van der Waals surface area contributed by atoms with Gasteiger partial charge >= 0.3 is 119 Å². The molecule has 0 fully saturated rings. The molecule has 0 bridgehead atoms. The van der Waals surface area contributed by atoms with E-state index in [2.05, 4.69) is 131 Å². The molecule has 397 valence electrons. The van der Waals surface area contributed by atoms with E-state index in [1.54, 1.807) is 72.8 Å². The van der Waals surface area contributed by atoms with Crippen molar-refractivity contribution in [3.63, 3.8) is 0 Å². The van der Waals surface area contributed by atoms with Gasteiger partial charge in [-0.1, -0.05) is 126 Å². The minimum absolute atomic E-state index is 0. The molecule has 27 heteroatoms. The number of nitrogens with zero attached hydrogens (tertiary/aromatic N) is 4. The van der Waals surface area contributed by atoms with Crippen molar-refractivity contribution in [3.05, 3.63) is 206 Å². The zero-order chi connectivity index (χ0) is 52.6. The Bertz CT molecular complexity index is 2820. The quantitative estimate of drug-likeness (QED) is 0.0823. The molecule has 2 N–H and O–H groups in total. The van der Waals surface area contributed by atoms with Crippen LogP contribution in [-0.2, 0) is 54.7 Å². The number of primary amides is 1. The Hall–Kier alpha value is 0.219. The van der Waals surface area contributed by atoms with E-state index in [1.165, 1.54) is 5.56 Å². The number of carbonyl (C=O) groups excluding carboxylic acids is 2. The predicted octanol–water partition coefficient (Wildman–Crippen LogP) is 17.9. The van der Waals surface area contributed by atoms with Gasteiger partial charge in [-0.2, -0.15) is 14.0 Å². The fourth-order valence-corrected chi connectivity index (χ4v) is 7.63. The fourth-order valence-electron chi connectivity index (χ4n) is 4.69. The van der Waals surface area contributed by atoms with Crippen molar-refractivity contribution in [2.24, 2.45) is 5.73 Å². The van der Waals surface area contributed by atoms with E-state index in [9.17, 15) is 22.8 Å². The first kappa shape index (κ1) is 77.4. The Morgan fingerprint density at radius 3 is 1.49 bits per heavy atom. The molecule has 7 aromatic rings. The van der Waals surface area contributed by atoms with Crippen LogP contribution in [0.25, 0.3) is 0 Å². The summed E-state index contributed by atoms with van der Waals surface area (Å²) < 4.78 is 37.4. The number of aromatic nitrogens is 3. The standard InChI is InChI=1S/C16H13ClN2O2S2.C9H6ClNO2S.C9H9N.C8H8ClNO.CCl2OS.CH4.2CH3.5HI.2V/c1-11-2-8-14(9-3-11)23(20,21)16-18-15(19-22-16)10-12-4-6-13(17)7-5-12;10-7-3-1-6(2-4-7)5-8-11-14-9(12)13-8;1-8-2-4-9(5-3-8)6-7-10;9-7-3-1-6(2-4-7)5-8(10)11;2-1(4)5-3;;;;;;;;;;/h2-9H,10H2,1H3;1-4H,5H2;2-5H,6H2,1H3;1-4H,5H2,(H2,10,11);;1H4;2*1H3;5*1H;;/q;;;;;;2*-1;;;;;;+2;+3/p-5. The molecule has 0 spiro atoms. The van der Waals surface area contributed by atoms with E-state index in [0.717, 1.165) is 50.9 Å². The fraction of sp³-hybridized carbons (Fsp3) is 0.152. The molecule has 11 nitrogen and oxygen atoms in total. The molecule has 0 unspecified atom stereocenters. The molecule has 0 aliphatic heterocycles. The van der Waals surface area contributed by atoms with Crippen LogP contribution in [0.5, 0.6) is 0 Å². The first-order chi connectivity index (χ1) is 33.1. The molecule has 0 atom stereocenters. The van der Waals surface area contributed by atoms with Crippen LogP contribution in [0, 0.1) is 40.0 Å². The van der Waals surface area contributed by atoms with E-state index in [-0.39, 0.29) is 53.7 Å². The van der Waals surface area contributed by atoms with Crippen LogP contribution < -0.4 is 10.7 Å². The van der Waals surface area contributed by atoms with Crippen LogP contribution in [0.1, 0.15) is 52.5 Å². The monoisotopic (exact) mass is 1800 g/mol. The summed E-state index contributed by atoms with van der Waals surface area (Å²) in [7, 11) is 2.27. The van der Waals surface area contributed by atoms with Crippen LogP contribution in [0.15, 0.2) is 140 Å². The molecule has 0 saturated heterocycles. The van der Waals surface area contributed by atoms with Crippen molar-refractivity contribution in [2.75, 3.05) is 0 Å². The Kier molecular flexibility index (Phi) is 47.7. The summed E-state index contributed by atoms with van der Waals surface area (Å²) >= 11 is 35.7. The Morgan fingerprint density at radius 2 is 1.12 bits per heavy atom. The Morgan fingerprint density at radius 1 is 0.740 bits per heavy atom. The summed E-state index contributed by atoms with van der Waals surface area (Å²) in [5, 5.41) is 10.3. The topological polar surface area (TPSA) is 187 Å². The molecular weight excluding hydrogens is 1760 g/mol. The van der Waals surface area contributed by atoms with Crippen LogP contribution >= 0.6 is 191 Å². The summed E-state index contributed by atoms with van der Waals surface area (Å²) in [5.74, 6) is 0.609. The first-order valence-electron chi connectivity index (χ1n) is 18.8. The average Bonchev–Trinajstić information content (AvgIpc) is 3.97.